The number of carboxylic acids is 1. The molecular formula is C11H14N2O5. The fraction of sp³-hybridized carbons (Fsp3) is 0.545. The van der Waals surface area contributed by atoms with Crippen LogP contribution in [0.5, 0.6) is 0 Å². The van der Waals surface area contributed by atoms with Crippen molar-refractivity contribution in [1.82, 2.24) is 10.1 Å². The lowest BCUT2D eigenvalue weighted by Gasteiger charge is -2.31. The molecule has 1 fully saturated rings. The maximum Gasteiger partial charge on any atom is 0.374 e. The number of aromatic nitrogens is 1. The summed E-state index contributed by atoms with van der Waals surface area (Å²) in [6, 6.07) is 1.14. The van der Waals surface area contributed by atoms with Crippen LogP contribution in [0, 0.1) is 0 Å². The summed E-state index contributed by atoms with van der Waals surface area (Å²) in [5, 5.41) is 12.2. The Morgan fingerprint density at radius 1 is 1.61 bits per heavy atom. The Morgan fingerprint density at radius 3 is 3.00 bits per heavy atom. The van der Waals surface area contributed by atoms with E-state index in [1.165, 1.54) is 0 Å². The fourth-order valence-electron chi connectivity index (χ4n) is 1.79. The standard InChI is InChI=1S/C11H14N2O5/c1-2-7-6-13(3-4-17-7)10(14)8-5-9(11(15)16)18-12-8/h5,7H,2-4,6H2,1H3,(H,15,16). The van der Waals surface area contributed by atoms with Crippen molar-refractivity contribution in [2.45, 2.75) is 19.4 Å². The van der Waals surface area contributed by atoms with Crippen LogP contribution < -0.4 is 0 Å². The first-order valence-corrected chi connectivity index (χ1v) is 5.72. The first-order chi connectivity index (χ1) is 8.61. The molecule has 0 aliphatic carbocycles. The van der Waals surface area contributed by atoms with Gasteiger partial charge in [-0.25, -0.2) is 4.79 Å². The number of hydrogen-bond donors (Lipinski definition) is 1. The zero-order chi connectivity index (χ0) is 13.1. The first kappa shape index (κ1) is 12.6. The van der Waals surface area contributed by atoms with Crippen LogP contribution in [0.25, 0.3) is 0 Å². The summed E-state index contributed by atoms with van der Waals surface area (Å²) in [7, 11) is 0. The number of carboxylic acid groups (broad SMARTS) is 1. The Morgan fingerprint density at radius 2 is 2.39 bits per heavy atom. The molecule has 1 aliphatic rings. The quantitative estimate of drug-likeness (QED) is 0.850. The summed E-state index contributed by atoms with van der Waals surface area (Å²) in [5.74, 6) is -1.90. The van der Waals surface area contributed by atoms with E-state index >= 15 is 0 Å². The van der Waals surface area contributed by atoms with Crippen molar-refractivity contribution in [3.8, 4) is 0 Å². The number of amides is 1. The van der Waals surface area contributed by atoms with Crippen molar-refractivity contribution in [3.63, 3.8) is 0 Å². The molecule has 0 radical (unpaired) electrons. The SMILES string of the molecule is CCC1CN(C(=O)c2cc(C(=O)O)on2)CCO1. The largest absolute Gasteiger partial charge is 0.475 e. The number of morpholine rings is 1. The Kier molecular flexibility index (Phi) is 3.61. The summed E-state index contributed by atoms with van der Waals surface area (Å²) < 4.78 is 10.0. The first-order valence-electron chi connectivity index (χ1n) is 5.72. The molecule has 0 aromatic carbocycles. The van der Waals surface area contributed by atoms with E-state index in [0.29, 0.717) is 19.7 Å². The van der Waals surface area contributed by atoms with Crippen LogP contribution in [-0.4, -0.2) is 52.8 Å². The van der Waals surface area contributed by atoms with E-state index in [0.717, 1.165) is 12.5 Å². The van der Waals surface area contributed by atoms with Crippen molar-refractivity contribution >= 4 is 11.9 Å². The highest BCUT2D eigenvalue weighted by Gasteiger charge is 2.26. The third-order valence-corrected chi connectivity index (χ3v) is 2.82. The highest BCUT2D eigenvalue weighted by molar-refractivity contribution is 5.94. The Balaban J connectivity index is 2.07. The Hall–Kier alpha value is -1.89. The fourth-order valence-corrected chi connectivity index (χ4v) is 1.79. The van der Waals surface area contributed by atoms with E-state index in [4.69, 9.17) is 9.84 Å². The van der Waals surface area contributed by atoms with Crippen LogP contribution in [0.1, 0.15) is 34.4 Å². The molecule has 1 atom stereocenters. The number of nitrogens with zero attached hydrogens (tertiary/aromatic N) is 2. The van der Waals surface area contributed by atoms with E-state index in [-0.39, 0.29) is 23.5 Å². The molecule has 0 spiro atoms. The van der Waals surface area contributed by atoms with Gasteiger partial charge in [0.05, 0.1) is 12.7 Å². The van der Waals surface area contributed by atoms with Gasteiger partial charge < -0.3 is 19.3 Å². The minimum absolute atomic E-state index is 0.0177. The molecule has 1 aliphatic heterocycles. The Bertz CT molecular complexity index is 456. The van der Waals surface area contributed by atoms with Gasteiger partial charge in [0.2, 0.25) is 5.76 Å². The number of hydrogen-bond acceptors (Lipinski definition) is 5. The molecule has 7 heteroatoms. The molecular weight excluding hydrogens is 240 g/mol. The molecule has 1 amide bonds. The molecule has 1 aromatic rings. The second-order valence-corrected chi connectivity index (χ2v) is 4.03. The number of carbonyl (C=O) groups excluding carboxylic acids is 1. The van der Waals surface area contributed by atoms with Crippen LogP contribution in [0.15, 0.2) is 10.6 Å². The third kappa shape index (κ3) is 2.51. The molecule has 18 heavy (non-hydrogen) atoms. The minimum Gasteiger partial charge on any atom is -0.475 e. The highest BCUT2D eigenvalue weighted by Crippen LogP contribution is 2.13. The van der Waals surface area contributed by atoms with Gasteiger partial charge in [0.25, 0.3) is 5.91 Å². The zero-order valence-electron chi connectivity index (χ0n) is 9.96. The molecule has 0 bridgehead atoms. The molecule has 1 N–H and O–H groups in total. The number of ether oxygens (including phenoxy) is 1. The van der Waals surface area contributed by atoms with Crippen molar-refractivity contribution in [3.05, 3.63) is 17.5 Å². The van der Waals surface area contributed by atoms with Crippen molar-refractivity contribution in [2.75, 3.05) is 19.7 Å². The van der Waals surface area contributed by atoms with E-state index in [9.17, 15) is 9.59 Å². The summed E-state index contributed by atoms with van der Waals surface area (Å²) in [6.07, 6.45) is 0.844. The van der Waals surface area contributed by atoms with Crippen LogP contribution in [0.2, 0.25) is 0 Å². The van der Waals surface area contributed by atoms with Gasteiger partial charge in [0.15, 0.2) is 5.69 Å². The third-order valence-electron chi connectivity index (χ3n) is 2.82. The Labute approximate surface area is 103 Å². The average Bonchev–Trinajstić information content (AvgIpc) is 2.87. The number of carbonyl (C=O) groups is 2. The van der Waals surface area contributed by atoms with Crippen LogP contribution in [-0.2, 0) is 4.74 Å². The van der Waals surface area contributed by atoms with Gasteiger partial charge in [-0.2, -0.15) is 0 Å². The molecule has 2 heterocycles. The van der Waals surface area contributed by atoms with Crippen LogP contribution in [0.3, 0.4) is 0 Å². The molecule has 0 saturated carbocycles. The average molecular weight is 254 g/mol. The second-order valence-electron chi connectivity index (χ2n) is 4.03. The predicted octanol–water partition coefficient (Wildman–Crippen LogP) is 0.624. The minimum atomic E-state index is -1.24. The molecule has 7 nitrogen and oxygen atoms in total. The van der Waals surface area contributed by atoms with Gasteiger partial charge in [-0.1, -0.05) is 12.1 Å². The van der Waals surface area contributed by atoms with E-state index < -0.39 is 5.97 Å². The summed E-state index contributed by atoms with van der Waals surface area (Å²) in [5.41, 5.74) is 0.0177. The molecule has 1 saturated heterocycles. The van der Waals surface area contributed by atoms with Gasteiger partial charge >= 0.3 is 5.97 Å². The van der Waals surface area contributed by atoms with Crippen molar-refractivity contribution in [1.29, 1.82) is 0 Å². The van der Waals surface area contributed by atoms with Gasteiger partial charge in [-0.3, -0.25) is 4.79 Å². The molecule has 98 valence electrons. The molecule has 1 unspecified atom stereocenters. The van der Waals surface area contributed by atoms with Crippen LogP contribution in [0.4, 0.5) is 0 Å². The lowest BCUT2D eigenvalue weighted by atomic mass is 10.2. The smallest absolute Gasteiger partial charge is 0.374 e. The maximum absolute atomic E-state index is 12.1. The normalized spacial score (nSPS) is 19.8. The maximum atomic E-state index is 12.1. The summed E-state index contributed by atoms with van der Waals surface area (Å²) in [4.78, 5) is 24.3. The van der Waals surface area contributed by atoms with Gasteiger partial charge in [0.1, 0.15) is 0 Å². The monoisotopic (exact) mass is 254 g/mol. The topological polar surface area (TPSA) is 92.9 Å². The molecule has 1 aromatic heterocycles. The highest BCUT2D eigenvalue weighted by atomic mass is 16.5. The lowest BCUT2D eigenvalue weighted by molar-refractivity contribution is -0.0229. The van der Waals surface area contributed by atoms with Crippen molar-refractivity contribution in [2.24, 2.45) is 0 Å². The van der Waals surface area contributed by atoms with Crippen LogP contribution >= 0.6 is 0 Å². The summed E-state index contributed by atoms with van der Waals surface area (Å²) >= 11 is 0. The van der Waals surface area contributed by atoms with Gasteiger partial charge in [-0.05, 0) is 6.42 Å². The predicted molar refractivity (Wildman–Crippen MR) is 59.4 cm³/mol. The lowest BCUT2D eigenvalue weighted by Crippen LogP contribution is -2.45. The number of aromatic carboxylic acids is 1. The van der Waals surface area contributed by atoms with Crippen molar-refractivity contribution < 1.29 is 24.0 Å². The van der Waals surface area contributed by atoms with E-state index in [1.54, 1.807) is 4.90 Å². The zero-order valence-corrected chi connectivity index (χ0v) is 9.96. The van der Waals surface area contributed by atoms with E-state index in [2.05, 4.69) is 9.68 Å². The molecule has 2 rings (SSSR count). The second kappa shape index (κ2) is 5.18. The van der Waals surface area contributed by atoms with E-state index in [1.807, 2.05) is 6.92 Å². The number of rotatable bonds is 3. The van der Waals surface area contributed by atoms with Gasteiger partial charge in [0, 0.05) is 19.2 Å². The van der Waals surface area contributed by atoms with Gasteiger partial charge in [-0.15, -0.1) is 0 Å². The summed E-state index contributed by atoms with van der Waals surface area (Å²) in [6.45, 7) is 3.43.